The smallest absolute Gasteiger partial charge is 0.243 e. The Morgan fingerprint density at radius 2 is 1.89 bits per heavy atom. The van der Waals surface area contributed by atoms with Crippen molar-refractivity contribution in [2.45, 2.75) is 20.3 Å². The summed E-state index contributed by atoms with van der Waals surface area (Å²) in [5, 5.41) is 16.5. The van der Waals surface area contributed by atoms with E-state index in [1.807, 2.05) is 26.0 Å². The van der Waals surface area contributed by atoms with Crippen LogP contribution in [0.2, 0.25) is 0 Å². The van der Waals surface area contributed by atoms with Crippen LogP contribution in [0, 0.1) is 12.8 Å². The lowest BCUT2D eigenvalue weighted by Gasteiger charge is -2.11. The van der Waals surface area contributed by atoms with E-state index in [-0.39, 0.29) is 17.6 Å². The van der Waals surface area contributed by atoms with Crippen molar-refractivity contribution in [3.63, 3.8) is 0 Å². The van der Waals surface area contributed by atoms with E-state index in [4.69, 9.17) is 0 Å². The minimum atomic E-state index is -0.233. The van der Waals surface area contributed by atoms with Gasteiger partial charge in [0, 0.05) is 16.0 Å². The van der Waals surface area contributed by atoms with Gasteiger partial charge in [0.2, 0.25) is 5.91 Å². The number of fused-ring (bicyclic) bond motifs is 1. The maximum atomic E-state index is 12.4. The first-order valence-corrected chi connectivity index (χ1v) is 10.4. The van der Waals surface area contributed by atoms with Crippen LogP contribution in [0.25, 0.3) is 10.8 Å². The SMILES string of the molecule is Cc1c(Br)cc(/C=N\NC(=O)C(C)Cc2ccc3ccccc3c2)c(O)c1Br. The molecule has 0 radical (unpaired) electrons. The molecule has 0 aliphatic heterocycles. The second kappa shape index (κ2) is 8.88. The van der Waals surface area contributed by atoms with E-state index in [1.54, 1.807) is 6.07 Å². The van der Waals surface area contributed by atoms with Gasteiger partial charge in [-0.15, -0.1) is 0 Å². The number of phenolic OH excluding ortho intramolecular Hbond substituents is 1. The average molecular weight is 504 g/mol. The van der Waals surface area contributed by atoms with Crippen LogP contribution < -0.4 is 5.43 Å². The number of phenols is 1. The van der Waals surface area contributed by atoms with Gasteiger partial charge in [-0.25, -0.2) is 5.43 Å². The molecule has 4 nitrogen and oxygen atoms in total. The molecule has 0 aliphatic carbocycles. The molecule has 0 bridgehead atoms. The molecule has 0 spiro atoms. The molecule has 0 saturated heterocycles. The Morgan fingerprint density at radius 1 is 1.18 bits per heavy atom. The molecule has 144 valence electrons. The first-order chi connectivity index (χ1) is 13.4. The van der Waals surface area contributed by atoms with Gasteiger partial charge in [0.05, 0.1) is 10.7 Å². The van der Waals surface area contributed by atoms with Crippen LogP contribution in [-0.4, -0.2) is 17.2 Å². The molecule has 2 N–H and O–H groups in total. The van der Waals surface area contributed by atoms with Gasteiger partial charge in [-0.1, -0.05) is 65.3 Å². The van der Waals surface area contributed by atoms with E-state index in [1.165, 1.54) is 11.6 Å². The average Bonchev–Trinajstić information content (AvgIpc) is 2.69. The van der Waals surface area contributed by atoms with Gasteiger partial charge in [-0.3, -0.25) is 4.79 Å². The van der Waals surface area contributed by atoms with Crippen LogP contribution in [-0.2, 0) is 11.2 Å². The third-order valence-corrected chi connectivity index (χ3v) is 6.43. The van der Waals surface area contributed by atoms with E-state index in [0.29, 0.717) is 16.5 Å². The zero-order valence-electron chi connectivity index (χ0n) is 15.5. The van der Waals surface area contributed by atoms with Crippen LogP contribution in [0.3, 0.4) is 0 Å². The van der Waals surface area contributed by atoms with Gasteiger partial charge < -0.3 is 5.11 Å². The molecule has 0 fully saturated rings. The van der Waals surface area contributed by atoms with Crippen LogP contribution in [0.1, 0.15) is 23.6 Å². The molecule has 0 aliphatic rings. The zero-order valence-corrected chi connectivity index (χ0v) is 18.7. The minimum Gasteiger partial charge on any atom is -0.506 e. The topological polar surface area (TPSA) is 61.7 Å². The summed E-state index contributed by atoms with van der Waals surface area (Å²) in [7, 11) is 0. The second-order valence-electron chi connectivity index (χ2n) is 6.76. The summed E-state index contributed by atoms with van der Waals surface area (Å²) in [4.78, 5) is 12.4. The number of nitrogens with zero attached hydrogens (tertiary/aromatic N) is 1. The number of carbonyl (C=O) groups excluding carboxylic acids is 1. The van der Waals surface area contributed by atoms with Gasteiger partial charge in [0.25, 0.3) is 0 Å². The summed E-state index contributed by atoms with van der Waals surface area (Å²) in [5.41, 5.74) is 5.06. The van der Waals surface area contributed by atoms with Crippen LogP contribution in [0.4, 0.5) is 0 Å². The van der Waals surface area contributed by atoms with Crippen molar-refractivity contribution in [1.82, 2.24) is 5.43 Å². The molecule has 0 saturated carbocycles. The number of hydrogen-bond acceptors (Lipinski definition) is 3. The Morgan fingerprint density at radius 3 is 2.64 bits per heavy atom. The number of benzene rings is 3. The molecule has 6 heteroatoms. The van der Waals surface area contributed by atoms with Gasteiger partial charge in [0.15, 0.2) is 0 Å². The van der Waals surface area contributed by atoms with Crippen molar-refractivity contribution in [2.75, 3.05) is 0 Å². The van der Waals surface area contributed by atoms with E-state index >= 15 is 0 Å². The Balaban J connectivity index is 1.65. The van der Waals surface area contributed by atoms with E-state index in [9.17, 15) is 9.90 Å². The molecular formula is C22H20Br2N2O2. The second-order valence-corrected chi connectivity index (χ2v) is 8.40. The van der Waals surface area contributed by atoms with Crippen molar-refractivity contribution >= 4 is 54.8 Å². The molecule has 3 rings (SSSR count). The maximum absolute atomic E-state index is 12.4. The Bertz CT molecular complexity index is 1060. The lowest BCUT2D eigenvalue weighted by atomic mass is 9.98. The third-order valence-electron chi connectivity index (χ3n) is 4.63. The van der Waals surface area contributed by atoms with Crippen molar-refractivity contribution in [3.8, 4) is 5.75 Å². The number of hydrogen-bond donors (Lipinski definition) is 2. The quantitative estimate of drug-likeness (QED) is 0.346. The minimum absolute atomic E-state index is 0.0860. The fourth-order valence-electron chi connectivity index (χ4n) is 2.91. The number of nitrogens with one attached hydrogen (secondary N) is 1. The lowest BCUT2D eigenvalue weighted by molar-refractivity contribution is -0.124. The Kier molecular flexibility index (Phi) is 6.52. The van der Waals surface area contributed by atoms with Crippen LogP contribution >= 0.6 is 31.9 Å². The first-order valence-electron chi connectivity index (χ1n) is 8.85. The molecule has 3 aromatic rings. The summed E-state index contributed by atoms with van der Waals surface area (Å²) in [6, 6.07) is 16.1. The molecule has 1 unspecified atom stereocenters. The largest absolute Gasteiger partial charge is 0.506 e. The predicted molar refractivity (Wildman–Crippen MR) is 121 cm³/mol. The summed E-state index contributed by atoms with van der Waals surface area (Å²) in [5.74, 6) is -0.319. The van der Waals surface area contributed by atoms with Gasteiger partial charge in [0.1, 0.15) is 5.75 Å². The van der Waals surface area contributed by atoms with Crippen molar-refractivity contribution in [2.24, 2.45) is 11.0 Å². The maximum Gasteiger partial charge on any atom is 0.243 e. The van der Waals surface area contributed by atoms with Gasteiger partial charge >= 0.3 is 0 Å². The molecule has 1 atom stereocenters. The number of amides is 1. The van der Waals surface area contributed by atoms with Crippen molar-refractivity contribution in [1.29, 1.82) is 0 Å². The van der Waals surface area contributed by atoms with Crippen molar-refractivity contribution in [3.05, 3.63) is 74.2 Å². The molecular weight excluding hydrogens is 484 g/mol. The Hall–Kier alpha value is -2.18. The molecule has 28 heavy (non-hydrogen) atoms. The highest BCUT2D eigenvalue weighted by Gasteiger charge is 2.14. The molecule has 0 heterocycles. The third kappa shape index (κ3) is 4.62. The van der Waals surface area contributed by atoms with Gasteiger partial charge in [-0.05, 0) is 57.2 Å². The van der Waals surface area contributed by atoms with E-state index < -0.39 is 0 Å². The van der Waals surface area contributed by atoms with Crippen LogP contribution in [0.5, 0.6) is 5.75 Å². The molecule has 1 amide bonds. The summed E-state index contributed by atoms with van der Waals surface area (Å²) in [6.07, 6.45) is 2.06. The first kappa shape index (κ1) is 20.6. The van der Waals surface area contributed by atoms with E-state index in [0.717, 1.165) is 21.0 Å². The fourth-order valence-corrected chi connectivity index (χ4v) is 4.06. The summed E-state index contributed by atoms with van der Waals surface area (Å²) in [6.45, 7) is 3.75. The zero-order chi connectivity index (χ0) is 20.3. The number of aromatic hydroxyl groups is 1. The Labute approximate surface area is 180 Å². The number of hydrazone groups is 1. The highest BCUT2D eigenvalue weighted by molar-refractivity contribution is 9.11. The number of rotatable bonds is 5. The normalized spacial score (nSPS) is 12.4. The number of carbonyl (C=O) groups is 1. The van der Waals surface area contributed by atoms with E-state index in [2.05, 4.69) is 72.7 Å². The molecule has 0 aromatic heterocycles. The standard InChI is InChI=1S/C22H20Br2N2O2/c1-13(9-15-7-8-16-5-3-4-6-17(16)10-15)22(28)26-25-12-18-11-19(23)14(2)20(24)21(18)27/h3-8,10-13,27H,9H2,1-2H3,(H,26,28)/b25-12-. The van der Waals surface area contributed by atoms with Gasteiger partial charge in [-0.2, -0.15) is 5.10 Å². The highest BCUT2D eigenvalue weighted by Crippen LogP contribution is 2.35. The molecule has 3 aromatic carbocycles. The predicted octanol–water partition coefficient (Wildman–Crippen LogP) is 5.71. The van der Waals surface area contributed by atoms with Crippen molar-refractivity contribution < 1.29 is 9.90 Å². The summed E-state index contributed by atoms with van der Waals surface area (Å²) < 4.78 is 1.44. The van der Waals surface area contributed by atoms with Crippen LogP contribution in [0.15, 0.2) is 62.6 Å². The highest BCUT2D eigenvalue weighted by atomic mass is 79.9. The lowest BCUT2D eigenvalue weighted by Crippen LogP contribution is -2.26. The summed E-state index contributed by atoms with van der Waals surface area (Å²) >= 11 is 6.79. The fraction of sp³-hybridized carbons (Fsp3) is 0.182. The number of halogens is 2. The monoisotopic (exact) mass is 502 g/mol.